The Morgan fingerprint density at radius 1 is 1.08 bits per heavy atom. The van der Waals surface area contributed by atoms with E-state index in [4.69, 9.17) is 16.0 Å². The third kappa shape index (κ3) is 6.02. The minimum absolute atomic E-state index is 0.0897. The minimum atomic E-state index is -3.59. The first-order valence-electron chi connectivity index (χ1n) is 13.0. The highest BCUT2D eigenvalue weighted by molar-refractivity contribution is 7.92. The summed E-state index contributed by atoms with van der Waals surface area (Å²) in [5.41, 5.74) is 0.492. The fourth-order valence-corrected chi connectivity index (χ4v) is 5.80. The first kappa shape index (κ1) is 27.4. The maximum absolute atomic E-state index is 13.4. The van der Waals surface area contributed by atoms with Crippen LogP contribution >= 0.6 is 11.6 Å². The third-order valence-electron chi connectivity index (χ3n) is 7.49. The van der Waals surface area contributed by atoms with Crippen molar-refractivity contribution in [3.8, 4) is 0 Å². The lowest BCUT2D eigenvalue weighted by Crippen LogP contribution is -2.38. The molecule has 0 atom stereocenters. The average molecular weight is 575 g/mol. The number of rotatable bonds is 7. The molecule has 11 nitrogen and oxygen atoms in total. The molecule has 2 fully saturated rings. The van der Waals surface area contributed by atoms with Crippen LogP contribution < -0.4 is 14.9 Å². The number of aromatic nitrogens is 2. The predicted octanol–water partition coefficient (Wildman–Crippen LogP) is 4.12. The van der Waals surface area contributed by atoms with Gasteiger partial charge in [0.25, 0.3) is 5.91 Å². The number of furan rings is 1. The van der Waals surface area contributed by atoms with Crippen LogP contribution in [0.15, 0.2) is 34.9 Å². The number of halogens is 1. The molecule has 0 aromatic carbocycles. The van der Waals surface area contributed by atoms with Crippen molar-refractivity contribution in [2.24, 2.45) is 5.92 Å². The van der Waals surface area contributed by atoms with Crippen molar-refractivity contribution in [3.63, 3.8) is 0 Å². The Morgan fingerprint density at radius 3 is 2.44 bits per heavy atom. The van der Waals surface area contributed by atoms with Crippen LogP contribution in [0.3, 0.4) is 0 Å². The monoisotopic (exact) mass is 574 g/mol. The van der Waals surface area contributed by atoms with Crippen LogP contribution in [0.5, 0.6) is 0 Å². The molecule has 1 aliphatic heterocycles. The van der Waals surface area contributed by atoms with Crippen LogP contribution in [0.25, 0.3) is 11.1 Å². The molecule has 2 amide bonds. The number of fused-ring (bicyclic) bond motifs is 1. The molecule has 0 radical (unpaired) electrons. The summed E-state index contributed by atoms with van der Waals surface area (Å²) in [6, 6.07) is 6.62. The van der Waals surface area contributed by atoms with Crippen LogP contribution in [-0.4, -0.2) is 67.5 Å². The number of pyridine rings is 2. The Labute approximate surface area is 232 Å². The quantitative estimate of drug-likeness (QED) is 0.430. The molecule has 3 aromatic rings. The molecule has 208 valence electrons. The molecular weight excluding hydrogens is 544 g/mol. The van der Waals surface area contributed by atoms with Crippen LogP contribution in [0.1, 0.15) is 49.1 Å². The minimum Gasteiger partial charge on any atom is -0.447 e. The van der Waals surface area contributed by atoms with E-state index >= 15 is 0 Å². The molecule has 2 N–H and O–H groups in total. The molecule has 13 heteroatoms. The number of anilines is 3. The van der Waals surface area contributed by atoms with Gasteiger partial charge < -0.3 is 20.0 Å². The number of amides is 2. The number of nitrogens with one attached hydrogen (secondary N) is 2. The Kier molecular flexibility index (Phi) is 7.79. The van der Waals surface area contributed by atoms with Gasteiger partial charge in [-0.05, 0) is 75.9 Å². The van der Waals surface area contributed by atoms with Crippen molar-refractivity contribution in [3.05, 3.63) is 41.2 Å². The van der Waals surface area contributed by atoms with Gasteiger partial charge in [-0.25, -0.2) is 18.4 Å². The molecule has 3 aromatic heterocycles. The smallest absolute Gasteiger partial charge is 0.294 e. The maximum Gasteiger partial charge on any atom is 0.294 e. The Hall–Kier alpha value is -3.22. The van der Waals surface area contributed by atoms with Crippen molar-refractivity contribution < 1.29 is 22.4 Å². The SMILES string of the molecule is CN(c1ccc2oc(C(=O)Nc3ccc(Cl)cn3)c(NC(=O)C3CCC(N4CCCC4)CC3)c2n1)S(C)(=O)=O. The lowest BCUT2D eigenvalue weighted by molar-refractivity contribution is -0.121. The summed E-state index contributed by atoms with van der Waals surface area (Å²) in [5.74, 6) is -0.877. The van der Waals surface area contributed by atoms with Crippen LogP contribution in [0.2, 0.25) is 5.02 Å². The fraction of sp³-hybridized carbons (Fsp3) is 0.462. The second kappa shape index (κ2) is 11.1. The topological polar surface area (TPSA) is 138 Å². The number of nitrogens with zero attached hydrogens (tertiary/aromatic N) is 4. The molecule has 4 heterocycles. The summed E-state index contributed by atoms with van der Waals surface area (Å²) in [6.07, 6.45) is 8.30. The maximum atomic E-state index is 13.4. The predicted molar refractivity (Wildman–Crippen MR) is 150 cm³/mol. The number of carbonyl (C=O) groups is 2. The fourth-order valence-electron chi connectivity index (χ4n) is 5.25. The Morgan fingerprint density at radius 2 is 1.79 bits per heavy atom. The van der Waals surface area contributed by atoms with Gasteiger partial charge in [0.05, 0.1) is 11.3 Å². The lowest BCUT2D eigenvalue weighted by atomic mass is 9.85. The summed E-state index contributed by atoms with van der Waals surface area (Å²) in [5, 5.41) is 5.95. The summed E-state index contributed by atoms with van der Waals surface area (Å²) < 4.78 is 31.1. The van der Waals surface area contributed by atoms with Crippen molar-refractivity contribution >= 4 is 61.9 Å². The van der Waals surface area contributed by atoms with Crippen LogP contribution in [0, 0.1) is 5.92 Å². The molecule has 1 aliphatic carbocycles. The largest absolute Gasteiger partial charge is 0.447 e. The Bertz CT molecular complexity index is 1480. The van der Waals surface area contributed by atoms with E-state index in [0.717, 1.165) is 49.3 Å². The number of hydrogen-bond acceptors (Lipinski definition) is 8. The van der Waals surface area contributed by atoms with E-state index < -0.39 is 15.9 Å². The molecule has 5 rings (SSSR count). The first-order chi connectivity index (χ1) is 18.6. The van der Waals surface area contributed by atoms with Gasteiger partial charge in [0.2, 0.25) is 21.7 Å². The number of likely N-dealkylation sites (tertiary alicyclic amines) is 1. The van der Waals surface area contributed by atoms with E-state index in [1.807, 2.05) is 0 Å². The van der Waals surface area contributed by atoms with Gasteiger partial charge in [0.1, 0.15) is 22.8 Å². The third-order valence-corrected chi connectivity index (χ3v) is 8.89. The van der Waals surface area contributed by atoms with Gasteiger partial charge in [-0.3, -0.25) is 13.9 Å². The molecular formula is C26H31ClN6O5S. The highest BCUT2D eigenvalue weighted by Gasteiger charge is 2.32. The summed E-state index contributed by atoms with van der Waals surface area (Å²) in [7, 11) is -2.22. The van der Waals surface area contributed by atoms with Crippen molar-refractivity contribution in [2.45, 2.75) is 44.6 Å². The summed E-state index contributed by atoms with van der Waals surface area (Å²) >= 11 is 5.89. The normalized spacial score (nSPS) is 20.2. The van der Waals surface area contributed by atoms with Crippen molar-refractivity contribution in [1.29, 1.82) is 0 Å². The van der Waals surface area contributed by atoms with Gasteiger partial charge in [0.15, 0.2) is 5.58 Å². The molecule has 0 bridgehead atoms. The average Bonchev–Trinajstić information content (AvgIpc) is 3.58. The standard InChI is InChI=1S/C26H31ClN6O5S/c1-32(39(2,36)37)21-12-10-19-22(30-21)23(24(38-19)26(35)29-20-11-7-17(27)15-28-20)31-25(34)16-5-8-18(9-6-16)33-13-3-4-14-33/h7,10-12,15-16,18H,3-6,8-9,13-14H2,1-2H3,(H,31,34)(H,28,29,35). The van der Waals surface area contributed by atoms with E-state index in [1.165, 1.54) is 44.3 Å². The van der Waals surface area contributed by atoms with Crippen molar-refractivity contribution in [1.82, 2.24) is 14.9 Å². The molecule has 1 saturated carbocycles. The number of carbonyl (C=O) groups excluding carboxylic acids is 2. The second-order valence-electron chi connectivity index (χ2n) is 10.1. The van der Waals surface area contributed by atoms with Crippen LogP contribution in [0.4, 0.5) is 17.3 Å². The second-order valence-corrected chi connectivity index (χ2v) is 12.6. The summed E-state index contributed by atoms with van der Waals surface area (Å²) in [6.45, 7) is 2.25. The van der Waals surface area contributed by atoms with Gasteiger partial charge in [-0.1, -0.05) is 11.6 Å². The highest BCUT2D eigenvalue weighted by Crippen LogP contribution is 2.35. The summed E-state index contributed by atoms with van der Waals surface area (Å²) in [4.78, 5) is 37.7. The Balaban J connectivity index is 1.43. The van der Waals surface area contributed by atoms with E-state index in [1.54, 1.807) is 6.07 Å². The van der Waals surface area contributed by atoms with E-state index in [-0.39, 0.29) is 46.0 Å². The lowest BCUT2D eigenvalue weighted by Gasteiger charge is -2.33. The zero-order valence-electron chi connectivity index (χ0n) is 21.8. The van der Waals surface area contributed by atoms with E-state index in [0.29, 0.717) is 11.1 Å². The molecule has 1 saturated heterocycles. The number of hydrogen-bond donors (Lipinski definition) is 2. The van der Waals surface area contributed by atoms with Gasteiger partial charge >= 0.3 is 0 Å². The zero-order valence-corrected chi connectivity index (χ0v) is 23.4. The molecule has 0 spiro atoms. The molecule has 0 unspecified atom stereocenters. The number of sulfonamides is 1. The highest BCUT2D eigenvalue weighted by atomic mass is 35.5. The van der Waals surface area contributed by atoms with Gasteiger partial charge in [-0.2, -0.15) is 0 Å². The van der Waals surface area contributed by atoms with E-state index in [2.05, 4.69) is 25.5 Å². The van der Waals surface area contributed by atoms with Crippen LogP contribution in [-0.2, 0) is 14.8 Å². The zero-order chi connectivity index (χ0) is 27.7. The van der Waals surface area contributed by atoms with E-state index in [9.17, 15) is 18.0 Å². The molecule has 39 heavy (non-hydrogen) atoms. The van der Waals surface area contributed by atoms with Gasteiger partial charge in [-0.15, -0.1) is 0 Å². The van der Waals surface area contributed by atoms with Crippen molar-refractivity contribution in [2.75, 3.05) is 41.3 Å². The first-order valence-corrected chi connectivity index (χ1v) is 15.2. The van der Waals surface area contributed by atoms with Gasteiger partial charge in [0, 0.05) is 25.2 Å². The molecule has 2 aliphatic rings.